The highest BCUT2D eigenvalue weighted by Gasteiger charge is 2.60. The fourth-order valence-corrected chi connectivity index (χ4v) is 3.72. The predicted octanol–water partition coefficient (Wildman–Crippen LogP) is 0.348. The maximum Gasteiger partial charge on any atom is 0.351 e. The number of ether oxygens (including phenoxy) is 5. The highest BCUT2D eigenvalue weighted by molar-refractivity contribution is 6.04. The van der Waals surface area contributed by atoms with E-state index in [0.717, 1.165) is 19.4 Å². The summed E-state index contributed by atoms with van der Waals surface area (Å²) in [5.74, 6) is -4.73. The molecule has 3 heterocycles. The van der Waals surface area contributed by atoms with Crippen LogP contribution in [-0.4, -0.2) is 78.2 Å². The molecule has 2 aliphatic heterocycles. The van der Waals surface area contributed by atoms with Gasteiger partial charge < -0.3 is 34.1 Å². The molecule has 14 heteroatoms. The van der Waals surface area contributed by atoms with E-state index in [1.165, 1.54) is 25.3 Å². The molecule has 1 saturated heterocycles. The van der Waals surface area contributed by atoms with Crippen LogP contribution in [0.5, 0.6) is 11.5 Å². The molecule has 0 radical (unpaired) electrons. The van der Waals surface area contributed by atoms with E-state index in [-0.39, 0.29) is 23.7 Å². The third-order valence-electron chi connectivity index (χ3n) is 5.44. The standard InChI is InChI=1S/C21H21F2N3O9/c1-31-16-13(8-27)35-19(21(16,22)23)26-6-5-15(25-20(26)30)24-17(28)10-3-4-11-12(7-10)34-14(9-33-11)18(29)32-2/h3-7,13-14,16,19,27H,8-9H2,1-2H3,(H,24,25,28,30). The minimum Gasteiger partial charge on any atom is -0.485 e. The largest absolute Gasteiger partial charge is 0.485 e. The number of halogens is 2. The van der Waals surface area contributed by atoms with Crippen LogP contribution in [0.3, 0.4) is 0 Å². The van der Waals surface area contributed by atoms with Gasteiger partial charge >= 0.3 is 17.6 Å². The van der Waals surface area contributed by atoms with Crippen molar-refractivity contribution >= 4 is 17.7 Å². The second-order valence-corrected chi connectivity index (χ2v) is 7.60. The topological polar surface area (TPSA) is 147 Å². The number of carbonyl (C=O) groups excluding carboxylic acids is 2. The summed E-state index contributed by atoms with van der Waals surface area (Å²) in [5.41, 5.74) is -1.03. The van der Waals surface area contributed by atoms with E-state index in [4.69, 9.17) is 18.9 Å². The van der Waals surface area contributed by atoms with Crippen molar-refractivity contribution in [1.29, 1.82) is 0 Å². The van der Waals surface area contributed by atoms with Gasteiger partial charge in [-0.3, -0.25) is 9.36 Å². The van der Waals surface area contributed by atoms with Gasteiger partial charge in [0.2, 0.25) is 12.3 Å². The fourth-order valence-electron chi connectivity index (χ4n) is 3.72. The zero-order chi connectivity index (χ0) is 25.3. The number of fused-ring (bicyclic) bond motifs is 1. The van der Waals surface area contributed by atoms with Crippen molar-refractivity contribution in [2.75, 3.05) is 32.8 Å². The number of alkyl halides is 2. The number of nitrogens with one attached hydrogen (secondary N) is 1. The fraction of sp³-hybridized carbons (Fsp3) is 0.429. The number of anilines is 1. The first kappa shape index (κ1) is 24.5. The molecule has 12 nitrogen and oxygen atoms in total. The van der Waals surface area contributed by atoms with Crippen molar-refractivity contribution in [1.82, 2.24) is 9.55 Å². The molecule has 4 atom stereocenters. The molecule has 1 aromatic carbocycles. The lowest BCUT2D eigenvalue weighted by Crippen LogP contribution is -2.43. The van der Waals surface area contributed by atoms with Crippen molar-refractivity contribution in [3.8, 4) is 11.5 Å². The van der Waals surface area contributed by atoms with E-state index in [2.05, 4.69) is 15.0 Å². The number of benzene rings is 1. The maximum atomic E-state index is 14.7. The molecule has 2 aliphatic rings. The molecule has 1 aromatic heterocycles. The second kappa shape index (κ2) is 9.56. The van der Waals surface area contributed by atoms with Crippen LogP contribution >= 0.6 is 0 Å². The Morgan fingerprint density at radius 2 is 2.06 bits per heavy atom. The summed E-state index contributed by atoms with van der Waals surface area (Å²) in [6, 6.07) is 5.35. The summed E-state index contributed by atoms with van der Waals surface area (Å²) >= 11 is 0. The summed E-state index contributed by atoms with van der Waals surface area (Å²) in [6.45, 7) is -0.795. The van der Waals surface area contributed by atoms with Gasteiger partial charge in [0.25, 0.3) is 5.91 Å². The number of aliphatic hydroxyl groups is 1. The molecule has 1 amide bonds. The van der Waals surface area contributed by atoms with Gasteiger partial charge in [0.1, 0.15) is 18.5 Å². The van der Waals surface area contributed by atoms with Crippen molar-refractivity contribution in [3.63, 3.8) is 0 Å². The summed E-state index contributed by atoms with van der Waals surface area (Å²) in [4.78, 5) is 40.4. The molecule has 4 rings (SSSR count). The number of carbonyl (C=O) groups is 2. The molecular formula is C21H21F2N3O9. The number of hydrogen-bond donors (Lipinski definition) is 2. The molecule has 35 heavy (non-hydrogen) atoms. The highest BCUT2D eigenvalue weighted by atomic mass is 19.3. The zero-order valence-corrected chi connectivity index (χ0v) is 18.5. The number of esters is 1. The van der Waals surface area contributed by atoms with Crippen LogP contribution in [0.1, 0.15) is 16.6 Å². The first-order chi connectivity index (χ1) is 16.7. The Balaban J connectivity index is 1.50. The smallest absolute Gasteiger partial charge is 0.351 e. The minimum atomic E-state index is -3.63. The third-order valence-corrected chi connectivity index (χ3v) is 5.44. The zero-order valence-electron chi connectivity index (χ0n) is 18.5. The van der Waals surface area contributed by atoms with Gasteiger partial charge in [0.05, 0.1) is 13.7 Å². The average molecular weight is 497 g/mol. The van der Waals surface area contributed by atoms with Crippen LogP contribution in [-0.2, 0) is 19.0 Å². The van der Waals surface area contributed by atoms with Crippen molar-refractivity contribution in [2.45, 2.75) is 30.5 Å². The number of methoxy groups -OCH3 is 2. The number of hydrogen-bond acceptors (Lipinski definition) is 10. The molecule has 0 aliphatic carbocycles. The Morgan fingerprint density at radius 3 is 2.69 bits per heavy atom. The average Bonchev–Trinajstić information content (AvgIpc) is 3.11. The van der Waals surface area contributed by atoms with Gasteiger partial charge in [-0.2, -0.15) is 13.8 Å². The van der Waals surface area contributed by atoms with E-state index < -0.39 is 54.6 Å². The van der Waals surface area contributed by atoms with Crippen LogP contribution in [0.15, 0.2) is 35.3 Å². The van der Waals surface area contributed by atoms with Gasteiger partial charge in [-0.1, -0.05) is 0 Å². The first-order valence-electron chi connectivity index (χ1n) is 10.3. The van der Waals surface area contributed by atoms with Gasteiger partial charge in [0, 0.05) is 18.9 Å². The van der Waals surface area contributed by atoms with Crippen LogP contribution in [0.4, 0.5) is 14.6 Å². The van der Waals surface area contributed by atoms with Crippen molar-refractivity contribution in [3.05, 3.63) is 46.5 Å². The van der Waals surface area contributed by atoms with Gasteiger partial charge in [-0.15, -0.1) is 0 Å². The summed E-state index contributed by atoms with van der Waals surface area (Å²) in [5, 5.41) is 11.7. The summed E-state index contributed by atoms with van der Waals surface area (Å²) < 4.78 is 55.3. The molecule has 0 spiro atoms. The van der Waals surface area contributed by atoms with Crippen LogP contribution in [0.2, 0.25) is 0 Å². The van der Waals surface area contributed by atoms with E-state index in [0.29, 0.717) is 10.3 Å². The number of aliphatic hydroxyl groups excluding tert-OH is 1. The Morgan fingerprint density at radius 1 is 1.29 bits per heavy atom. The Hall–Kier alpha value is -3.62. The molecule has 0 saturated carbocycles. The van der Waals surface area contributed by atoms with Crippen LogP contribution in [0, 0.1) is 0 Å². The summed E-state index contributed by atoms with van der Waals surface area (Å²) in [6.07, 6.45) is -5.19. The van der Waals surface area contributed by atoms with Gasteiger partial charge in [0.15, 0.2) is 17.6 Å². The lowest BCUT2D eigenvalue weighted by atomic mass is 10.1. The van der Waals surface area contributed by atoms with E-state index in [1.807, 2.05) is 0 Å². The molecule has 188 valence electrons. The van der Waals surface area contributed by atoms with Crippen LogP contribution in [0.25, 0.3) is 0 Å². The van der Waals surface area contributed by atoms with Crippen molar-refractivity contribution in [2.24, 2.45) is 0 Å². The Kier molecular flexibility index (Phi) is 6.69. The quantitative estimate of drug-likeness (QED) is 0.536. The molecule has 1 fully saturated rings. The number of nitrogens with zero attached hydrogens (tertiary/aromatic N) is 2. The summed E-state index contributed by atoms with van der Waals surface area (Å²) in [7, 11) is 2.24. The molecule has 4 unspecified atom stereocenters. The maximum absolute atomic E-state index is 14.7. The normalized spacial score (nSPS) is 24.6. The number of rotatable bonds is 6. The van der Waals surface area contributed by atoms with Crippen LogP contribution < -0.4 is 20.5 Å². The lowest BCUT2D eigenvalue weighted by molar-refractivity contribution is -0.151. The predicted molar refractivity (Wildman–Crippen MR) is 112 cm³/mol. The van der Waals surface area contributed by atoms with Gasteiger partial charge in [-0.25, -0.2) is 9.59 Å². The van der Waals surface area contributed by atoms with Crippen molar-refractivity contribution < 1.29 is 47.2 Å². The second-order valence-electron chi connectivity index (χ2n) is 7.60. The third kappa shape index (κ3) is 4.54. The van der Waals surface area contributed by atoms with E-state index in [9.17, 15) is 28.3 Å². The minimum absolute atomic E-state index is 0.0562. The van der Waals surface area contributed by atoms with E-state index in [1.54, 1.807) is 0 Å². The monoisotopic (exact) mass is 497 g/mol. The number of aromatic nitrogens is 2. The molecular weight excluding hydrogens is 476 g/mol. The highest BCUT2D eigenvalue weighted by Crippen LogP contribution is 2.43. The molecule has 2 N–H and O–H groups in total. The SMILES string of the molecule is COC(=O)C1COc2ccc(C(=O)Nc3ccn(C4OC(CO)C(OC)C4(F)F)c(=O)n3)cc2O1. The molecule has 0 bridgehead atoms. The first-order valence-corrected chi connectivity index (χ1v) is 10.3. The number of amides is 1. The Labute approximate surface area is 196 Å². The van der Waals surface area contributed by atoms with Gasteiger partial charge in [-0.05, 0) is 24.3 Å². The lowest BCUT2D eigenvalue weighted by Gasteiger charge is -2.25. The Bertz CT molecular complexity index is 1190. The van der Waals surface area contributed by atoms with E-state index >= 15 is 0 Å². The molecule has 2 aromatic rings.